The maximum absolute atomic E-state index is 11.8. The molecule has 0 saturated carbocycles. The summed E-state index contributed by atoms with van der Waals surface area (Å²) in [5, 5.41) is 0. The first-order chi connectivity index (χ1) is 15.7. The molecule has 0 bridgehead atoms. The van der Waals surface area contributed by atoms with Crippen molar-refractivity contribution in [1.29, 1.82) is 0 Å². The van der Waals surface area contributed by atoms with E-state index in [1.165, 1.54) is 0 Å². The van der Waals surface area contributed by atoms with Crippen LogP contribution in [0.5, 0.6) is 0 Å². The van der Waals surface area contributed by atoms with E-state index in [1.54, 1.807) is 0 Å². The van der Waals surface area contributed by atoms with Crippen molar-refractivity contribution in [3.63, 3.8) is 0 Å². The maximum Gasteiger partial charge on any atom is 0.141 e. The minimum Gasteiger partial charge on any atom is -0.299 e. The number of benzene rings is 4. The van der Waals surface area contributed by atoms with Crippen LogP contribution in [0.4, 0.5) is 0 Å². The monoisotopic (exact) mass is 420 g/mol. The smallest absolute Gasteiger partial charge is 0.141 e. The van der Waals surface area contributed by atoms with Crippen molar-refractivity contribution < 1.29 is 9.59 Å². The molecule has 0 heterocycles. The fourth-order valence-corrected chi connectivity index (χ4v) is 3.42. The average molecular weight is 421 g/mol. The fraction of sp³-hybridized carbons (Fsp3) is 0.133. The van der Waals surface area contributed by atoms with Gasteiger partial charge in [0.15, 0.2) is 0 Å². The lowest BCUT2D eigenvalue weighted by Crippen LogP contribution is -2.06. The van der Waals surface area contributed by atoms with Gasteiger partial charge in [0.25, 0.3) is 0 Å². The van der Waals surface area contributed by atoms with Gasteiger partial charge >= 0.3 is 0 Å². The minimum absolute atomic E-state index is 0.261. The van der Waals surface area contributed by atoms with Gasteiger partial charge in [-0.15, -0.1) is 0 Å². The quantitative estimate of drug-likeness (QED) is 0.346. The van der Waals surface area contributed by atoms with Crippen LogP contribution in [-0.2, 0) is 35.3 Å². The molecule has 4 aromatic carbocycles. The highest BCUT2D eigenvalue weighted by Crippen LogP contribution is 2.06. The Morgan fingerprint density at radius 1 is 0.344 bits per heavy atom. The van der Waals surface area contributed by atoms with Gasteiger partial charge in [0.05, 0.1) is 0 Å². The van der Waals surface area contributed by atoms with Crippen molar-refractivity contribution >= 4 is 11.6 Å². The average Bonchev–Trinajstić information content (AvgIpc) is 2.82. The van der Waals surface area contributed by atoms with Gasteiger partial charge in [0.2, 0.25) is 0 Å². The number of hydrogen-bond donors (Lipinski definition) is 0. The summed E-state index contributed by atoms with van der Waals surface area (Å²) in [6.45, 7) is 0. The fourth-order valence-electron chi connectivity index (χ4n) is 3.42. The highest BCUT2D eigenvalue weighted by molar-refractivity contribution is 5.83. The zero-order valence-corrected chi connectivity index (χ0v) is 18.2. The number of carbonyl (C=O) groups excluding carboxylic acids is 2. The Balaban J connectivity index is 0.000000181. The molecular formula is C30H28O2. The third kappa shape index (κ3) is 8.53. The molecular weight excluding hydrogens is 392 g/mol. The summed E-state index contributed by atoms with van der Waals surface area (Å²) in [6.07, 6.45) is 2.09. The molecule has 0 atom stereocenters. The summed E-state index contributed by atoms with van der Waals surface area (Å²) >= 11 is 0. The Labute approximate surface area is 190 Å². The van der Waals surface area contributed by atoms with Gasteiger partial charge in [0.1, 0.15) is 11.6 Å². The molecule has 0 amide bonds. The van der Waals surface area contributed by atoms with Crippen LogP contribution in [0.25, 0.3) is 0 Å². The highest BCUT2D eigenvalue weighted by atomic mass is 16.1. The maximum atomic E-state index is 11.8. The molecule has 0 aliphatic carbocycles. The summed E-state index contributed by atoms with van der Waals surface area (Å²) in [5.41, 5.74) is 4.35. The lowest BCUT2D eigenvalue weighted by atomic mass is 10.0. The predicted octanol–water partition coefficient (Wildman–Crippen LogP) is 6.08. The molecule has 32 heavy (non-hydrogen) atoms. The Morgan fingerprint density at radius 3 is 0.719 bits per heavy atom. The summed E-state index contributed by atoms with van der Waals surface area (Å²) in [5.74, 6) is 0.523. The number of rotatable bonds is 8. The standard InChI is InChI=1S/2C15H14O/c2*16-15(11-13-7-3-1-4-8-13)12-14-9-5-2-6-10-14/h2*1-10H,11-12H2. The van der Waals surface area contributed by atoms with Crippen LogP contribution in [0, 0.1) is 0 Å². The molecule has 2 heteroatoms. The van der Waals surface area contributed by atoms with Crippen molar-refractivity contribution in [3.8, 4) is 0 Å². The molecule has 4 aromatic rings. The van der Waals surface area contributed by atoms with E-state index >= 15 is 0 Å². The van der Waals surface area contributed by atoms with Gasteiger partial charge in [-0.1, -0.05) is 121 Å². The van der Waals surface area contributed by atoms with Gasteiger partial charge in [-0.2, -0.15) is 0 Å². The van der Waals surface area contributed by atoms with E-state index in [0.29, 0.717) is 25.7 Å². The van der Waals surface area contributed by atoms with Crippen molar-refractivity contribution in [2.45, 2.75) is 25.7 Å². The molecule has 0 radical (unpaired) electrons. The largest absolute Gasteiger partial charge is 0.299 e. The number of carbonyl (C=O) groups is 2. The topological polar surface area (TPSA) is 34.1 Å². The molecule has 0 aliphatic heterocycles. The Morgan fingerprint density at radius 2 is 0.531 bits per heavy atom. The van der Waals surface area contributed by atoms with Gasteiger partial charge < -0.3 is 0 Å². The zero-order valence-electron chi connectivity index (χ0n) is 18.2. The van der Waals surface area contributed by atoms with Crippen LogP contribution in [-0.4, -0.2) is 11.6 Å². The van der Waals surface area contributed by atoms with Crippen molar-refractivity contribution in [3.05, 3.63) is 144 Å². The van der Waals surface area contributed by atoms with Gasteiger partial charge in [0, 0.05) is 25.7 Å². The normalized spacial score (nSPS) is 10.0. The van der Waals surface area contributed by atoms with Crippen LogP contribution in [0.2, 0.25) is 0 Å². The van der Waals surface area contributed by atoms with E-state index in [9.17, 15) is 9.59 Å². The van der Waals surface area contributed by atoms with Crippen LogP contribution in [0.3, 0.4) is 0 Å². The second-order valence-electron chi connectivity index (χ2n) is 7.73. The van der Waals surface area contributed by atoms with Crippen molar-refractivity contribution in [2.24, 2.45) is 0 Å². The molecule has 0 fully saturated rings. The van der Waals surface area contributed by atoms with E-state index in [2.05, 4.69) is 0 Å². The Kier molecular flexibility index (Phi) is 9.17. The van der Waals surface area contributed by atoms with Crippen LogP contribution >= 0.6 is 0 Å². The van der Waals surface area contributed by atoms with E-state index in [-0.39, 0.29) is 11.6 Å². The predicted molar refractivity (Wildman–Crippen MR) is 131 cm³/mol. The Hall–Kier alpha value is -3.78. The molecule has 0 saturated heterocycles. The minimum atomic E-state index is 0.261. The van der Waals surface area contributed by atoms with E-state index in [1.807, 2.05) is 121 Å². The summed E-state index contributed by atoms with van der Waals surface area (Å²) < 4.78 is 0. The molecule has 160 valence electrons. The first-order valence-corrected chi connectivity index (χ1v) is 10.9. The second-order valence-corrected chi connectivity index (χ2v) is 7.73. The highest BCUT2D eigenvalue weighted by Gasteiger charge is 2.05. The lowest BCUT2D eigenvalue weighted by molar-refractivity contribution is -0.118. The lowest BCUT2D eigenvalue weighted by Gasteiger charge is -2.01. The molecule has 0 aromatic heterocycles. The number of ketones is 2. The first-order valence-electron chi connectivity index (χ1n) is 10.9. The third-order valence-corrected chi connectivity index (χ3v) is 4.98. The molecule has 2 nitrogen and oxygen atoms in total. The first kappa shape index (κ1) is 22.9. The van der Waals surface area contributed by atoms with Crippen LogP contribution in [0.1, 0.15) is 22.3 Å². The SMILES string of the molecule is O=C(Cc1ccccc1)Cc1ccccc1.O=C(Cc1ccccc1)Cc1ccccc1. The number of hydrogen-bond acceptors (Lipinski definition) is 2. The summed E-state index contributed by atoms with van der Waals surface area (Å²) in [6, 6.07) is 39.5. The summed E-state index contributed by atoms with van der Waals surface area (Å²) in [4.78, 5) is 23.6. The van der Waals surface area contributed by atoms with Gasteiger partial charge in [-0.25, -0.2) is 0 Å². The Bertz CT molecular complexity index is 895. The van der Waals surface area contributed by atoms with E-state index < -0.39 is 0 Å². The van der Waals surface area contributed by atoms with Gasteiger partial charge in [-0.05, 0) is 22.3 Å². The molecule has 0 spiro atoms. The molecule has 4 rings (SSSR count). The van der Waals surface area contributed by atoms with E-state index in [4.69, 9.17) is 0 Å². The zero-order chi connectivity index (χ0) is 22.4. The van der Waals surface area contributed by atoms with Crippen LogP contribution in [0.15, 0.2) is 121 Å². The van der Waals surface area contributed by atoms with Crippen molar-refractivity contribution in [1.82, 2.24) is 0 Å². The summed E-state index contributed by atoms with van der Waals surface area (Å²) in [7, 11) is 0. The van der Waals surface area contributed by atoms with Gasteiger partial charge in [-0.3, -0.25) is 9.59 Å². The molecule has 0 unspecified atom stereocenters. The van der Waals surface area contributed by atoms with E-state index in [0.717, 1.165) is 22.3 Å². The van der Waals surface area contributed by atoms with Crippen molar-refractivity contribution in [2.75, 3.05) is 0 Å². The van der Waals surface area contributed by atoms with Crippen LogP contribution < -0.4 is 0 Å². The number of Topliss-reactive ketones (excluding diaryl/α,β-unsaturated/α-hetero) is 2. The molecule has 0 N–H and O–H groups in total. The second kappa shape index (κ2) is 12.8. The third-order valence-electron chi connectivity index (χ3n) is 4.98. The molecule has 0 aliphatic rings.